The Hall–Kier alpha value is -1.57. The molecule has 0 spiro atoms. The van der Waals surface area contributed by atoms with Crippen LogP contribution in [0, 0.1) is 0 Å². The molecule has 5 nitrogen and oxygen atoms in total. The molecule has 1 aromatic carbocycles. The zero-order valence-electron chi connectivity index (χ0n) is 11.1. The van der Waals surface area contributed by atoms with Crippen molar-refractivity contribution in [1.82, 2.24) is 0 Å². The van der Waals surface area contributed by atoms with E-state index < -0.39 is 12.1 Å². The fourth-order valence-electron chi connectivity index (χ4n) is 1.73. The Labute approximate surface area is 119 Å². The molecule has 0 amide bonds. The molecule has 2 aliphatic heterocycles. The van der Waals surface area contributed by atoms with Gasteiger partial charge in [0, 0.05) is 6.42 Å². The lowest BCUT2D eigenvalue weighted by Gasteiger charge is -2.14. The molecule has 2 saturated heterocycles. The summed E-state index contributed by atoms with van der Waals surface area (Å²) in [6.07, 6.45) is -3.34. The second kappa shape index (κ2) is 5.67. The largest absolute Gasteiger partial charge is 0.456 e. The van der Waals surface area contributed by atoms with Crippen molar-refractivity contribution in [3.8, 4) is 5.75 Å². The molecule has 0 saturated carbocycles. The van der Waals surface area contributed by atoms with Crippen LogP contribution < -0.4 is 4.74 Å². The number of alkyl halides is 2. The van der Waals surface area contributed by atoms with Gasteiger partial charge in [0.15, 0.2) is 0 Å². The number of ether oxygens (including phenoxy) is 4. The highest BCUT2D eigenvalue weighted by atomic mass is 19.3. The molecule has 2 fully saturated rings. The Bertz CT molecular complexity index is 509. The van der Waals surface area contributed by atoms with Crippen LogP contribution in [0.3, 0.4) is 0 Å². The predicted molar refractivity (Wildman–Crippen MR) is 66.2 cm³/mol. The SMILES string of the molecule is O=C(Oc1ccc(CC2CO2)cc1)C(F)(F)OCC1CO1. The lowest BCUT2D eigenvalue weighted by Crippen LogP contribution is -2.37. The lowest BCUT2D eigenvalue weighted by atomic mass is 10.1. The van der Waals surface area contributed by atoms with E-state index in [2.05, 4.69) is 9.47 Å². The minimum absolute atomic E-state index is 0.0476. The van der Waals surface area contributed by atoms with E-state index in [1.54, 1.807) is 12.1 Å². The summed E-state index contributed by atoms with van der Waals surface area (Å²) in [5.41, 5.74) is 0.992. The molecule has 114 valence electrons. The Morgan fingerprint density at radius 2 is 1.81 bits per heavy atom. The van der Waals surface area contributed by atoms with E-state index in [-0.39, 0.29) is 24.6 Å². The molecule has 2 unspecified atom stereocenters. The van der Waals surface area contributed by atoms with Crippen LogP contribution in [0.2, 0.25) is 0 Å². The Morgan fingerprint density at radius 1 is 1.19 bits per heavy atom. The normalized spacial score (nSPS) is 23.7. The monoisotopic (exact) mass is 300 g/mol. The second-order valence-corrected chi connectivity index (χ2v) is 4.98. The third-order valence-electron chi connectivity index (χ3n) is 3.09. The van der Waals surface area contributed by atoms with E-state index in [0.717, 1.165) is 18.6 Å². The molecule has 2 heterocycles. The fourth-order valence-corrected chi connectivity index (χ4v) is 1.73. The molecule has 1 aromatic rings. The molecule has 2 atom stereocenters. The standard InChI is InChI=1S/C14H14F2O5/c15-14(16,20-8-12-7-19-12)13(17)21-10-3-1-9(2-4-10)5-11-6-18-11/h1-4,11-12H,5-8H2. The first kappa shape index (κ1) is 14.4. The molecular formula is C14H14F2O5. The van der Waals surface area contributed by atoms with Crippen LogP contribution in [0.1, 0.15) is 5.56 Å². The van der Waals surface area contributed by atoms with Gasteiger partial charge in [-0.15, -0.1) is 0 Å². The van der Waals surface area contributed by atoms with Gasteiger partial charge in [-0.25, -0.2) is 4.79 Å². The van der Waals surface area contributed by atoms with Gasteiger partial charge in [0.05, 0.1) is 25.9 Å². The van der Waals surface area contributed by atoms with Crippen molar-refractivity contribution in [2.75, 3.05) is 19.8 Å². The number of halogens is 2. The van der Waals surface area contributed by atoms with Gasteiger partial charge in [-0.2, -0.15) is 8.78 Å². The molecule has 21 heavy (non-hydrogen) atoms. The third kappa shape index (κ3) is 4.20. The highest BCUT2D eigenvalue weighted by Crippen LogP contribution is 2.24. The molecule has 0 aliphatic carbocycles. The van der Waals surface area contributed by atoms with Crippen LogP contribution in [-0.2, 0) is 25.4 Å². The van der Waals surface area contributed by atoms with Crippen LogP contribution in [0.5, 0.6) is 5.75 Å². The van der Waals surface area contributed by atoms with Crippen molar-refractivity contribution < 1.29 is 32.5 Å². The summed E-state index contributed by atoms with van der Waals surface area (Å²) in [5, 5.41) is 0. The molecule has 3 rings (SSSR count). The van der Waals surface area contributed by atoms with E-state index in [1.807, 2.05) is 0 Å². The molecule has 7 heteroatoms. The van der Waals surface area contributed by atoms with Crippen molar-refractivity contribution in [3.05, 3.63) is 29.8 Å². The molecule has 0 radical (unpaired) electrons. The first-order chi connectivity index (χ1) is 10.0. The summed E-state index contributed by atoms with van der Waals surface area (Å²) in [4.78, 5) is 11.4. The van der Waals surface area contributed by atoms with Crippen molar-refractivity contribution in [1.29, 1.82) is 0 Å². The predicted octanol–water partition coefficient (Wildman–Crippen LogP) is 1.54. The van der Waals surface area contributed by atoms with Crippen LogP contribution in [0.25, 0.3) is 0 Å². The molecular weight excluding hydrogens is 286 g/mol. The molecule has 0 bridgehead atoms. The van der Waals surface area contributed by atoms with Crippen molar-refractivity contribution >= 4 is 5.97 Å². The number of rotatable bonds is 7. The molecule has 0 N–H and O–H groups in total. The number of carbonyl (C=O) groups is 1. The summed E-state index contributed by atoms with van der Waals surface area (Å²) in [6, 6.07) is 6.36. The number of esters is 1. The summed E-state index contributed by atoms with van der Waals surface area (Å²) < 4.78 is 45.4. The van der Waals surface area contributed by atoms with Crippen molar-refractivity contribution in [3.63, 3.8) is 0 Å². The van der Waals surface area contributed by atoms with Crippen LogP contribution >= 0.6 is 0 Å². The number of hydrogen-bond acceptors (Lipinski definition) is 5. The maximum absolute atomic E-state index is 13.4. The van der Waals surface area contributed by atoms with Crippen LogP contribution in [0.4, 0.5) is 8.78 Å². The minimum atomic E-state index is -3.98. The Balaban J connectivity index is 1.52. The highest BCUT2D eigenvalue weighted by Gasteiger charge is 2.44. The van der Waals surface area contributed by atoms with E-state index in [1.165, 1.54) is 12.1 Å². The minimum Gasteiger partial charge on any atom is -0.420 e. The molecule has 2 aliphatic rings. The summed E-state index contributed by atoms with van der Waals surface area (Å²) in [5.74, 6) is -1.69. The van der Waals surface area contributed by atoms with Gasteiger partial charge in [-0.05, 0) is 17.7 Å². The summed E-state index contributed by atoms with van der Waals surface area (Å²) in [6.45, 7) is 0.782. The zero-order chi connectivity index (χ0) is 14.9. The van der Waals surface area contributed by atoms with Crippen molar-refractivity contribution in [2.45, 2.75) is 24.7 Å². The van der Waals surface area contributed by atoms with Gasteiger partial charge in [-0.1, -0.05) is 12.1 Å². The fraction of sp³-hybridized carbons (Fsp3) is 0.500. The van der Waals surface area contributed by atoms with Gasteiger partial charge >= 0.3 is 12.1 Å². The number of epoxide rings is 2. The van der Waals surface area contributed by atoms with Gasteiger partial charge in [-0.3, -0.25) is 0 Å². The average molecular weight is 300 g/mol. The van der Waals surface area contributed by atoms with Gasteiger partial charge < -0.3 is 18.9 Å². The smallest absolute Gasteiger partial charge is 0.420 e. The first-order valence-electron chi connectivity index (χ1n) is 6.59. The topological polar surface area (TPSA) is 60.6 Å². The Kier molecular flexibility index (Phi) is 3.88. The van der Waals surface area contributed by atoms with E-state index >= 15 is 0 Å². The zero-order valence-corrected chi connectivity index (χ0v) is 11.1. The van der Waals surface area contributed by atoms with Crippen molar-refractivity contribution in [2.24, 2.45) is 0 Å². The van der Waals surface area contributed by atoms with Gasteiger partial charge in [0.25, 0.3) is 0 Å². The number of carbonyl (C=O) groups excluding carboxylic acids is 1. The van der Waals surface area contributed by atoms with E-state index in [0.29, 0.717) is 6.61 Å². The lowest BCUT2D eigenvalue weighted by molar-refractivity contribution is -0.244. The Morgan fingerprint density at radius 3 is 2.38 bits per heavy atom. The van der Waals surface area contributed by atoms with E-state index in [4.69, 9.17) is 9.47 Å². The average Bonchev–Trinajstić information content (AvgIpc) is 3.34. The summed E-state index contributed by atoms with van der Waals surface area (Å²) in [7, 11) is 0. The molecule has 0 aromatic heterocycles. The quantitative estimate of drug-likeness (QED) is 0.434. The highest BCUT2D eigenvalue weighted by molar-refractivity contribution is 5.78. The summed E-state index contributed by atoms with van der Waals surface area (Å²) >= 11 is 0. The maximum atomic E-state index is 13.4. The number of hydrogen-bond donors (Lipinski definition) is 0. The number of benzene rings is 1. The maximum Gasteiger partial charge on any atom is 0.456 e. The third-order valence-corrected chi connectivity index (χ3v) is 3.09. The van der Waals surface area contributed by atoms with E-state index in [9.17, 15) is 13.6 Å². The van der Waals surface area contributed by atoms with Gasteiger partial charge in [0.2, 0.25) is 0 Å². The van der Waals surface area contributed by atoms with Gasteiger partial charge in [0.1, 0.15) is 11.9 Å². The second-order valence-electron chi connectivity index (χ2n) is 4.98. The first-order valence-corrected chi connectivity index (χ1v) is 6.59. The van der Waals surface area contributed by atoms with Crippen LogP contribution in [0.15, 0.2) is 24.3 Å². The van der Waals surface area contributed by atoms with Crippen LogP contribution in [-0.4, -0.2) is 44.1 Å².